The molecule has 0 spiro atoms. The van der Waals surface area contributed by atoms with Gasteiger partial charge in [0.05, 0.1) is 17.2 Å². The summed E-state index contributed by atoms with van der Waals surface area (Å²) in [5.41, 5.74) is 1.51. The molecule has 0 saturated carbocycles. The minimum Gasteiger partial charge on any atom is -0.465 e. The topological polar surface area (TPSA) is 73.7 Å². The molecule has 2 atom stereocenters. The number of hydrogen-bond acceptors (Lipinski definition) is 3. The van der Waals surface area contributed by atoms with Crippen molar-refractivity contribution >= 4 is 12.0 Å². The summed E-state index contributed by atoms with van der Waals surface area (Å²) >= 11 is 0. The zero-order valence-corrected chi connectivity index (χ0v) is 16.0. The van der Waals surface area contributed by atoms with E-state index < -0.39 is 17.6 Å². The number of benzene rings is 1. The van der Waals surface area contributed by atoms with Crippen LogP contribution in [0.1, 0.15) is 42.6 Å². The van der Waals surface area contributed by atoms with E-state index in [0.717, 1.165) is 37.1 Å². The molecule has 0 aliphatic carbocycles. The summed E-state index contributed by atoms with van der Waals surface area (Å²) in [5, 5.41) is 10.0. The molecule has 2 amide bonds. The number of pyridine rings is 1. The Balaban J connectivity index is 1.95. The van der Waals surface area contributed by atoms with E-state index in [1.165, 1.54) is 4.90 Å². The van der Waals surface area contributed by atoms with E-state index in [2.05, 4.69) is 4.98 Å². The largest absolute Gasteiger partial charge is 0.465 e. The van der Waals surface area contributed by atoms with Gasteiger partial charge in [0.25, 0.3) is 0 Å². The van der Waals surface area contributed by atoms with Gasteiger partial charge in [-0.1, -0.05) is 30.3 Å². The number of likely N-dealkylation sites (tertiary alicyclic amines) is 1. The highest BCUT2D eigenvalue weighted by Crippen LogP contribution is 2.46. The van der Waals surface area contributed by atoms with Crippen molar-refractivity contribution in [3.63, 3.8) is 0 Å². The second-order valence-corrected chi connectivity index (χ2v) is 7.74. The number of carbonyl (C=O) groups excluding carboxylic acids is 1. The number of aromatic nitrogens is 1. The van der Waals surface area contributed by atoms with Crippen molar-refractivity contribution in [2.45, 2.75) is 37.6 Å². The second-order valence-electron chi connectivity index (χ2n) is 7.74. The molecule has 2 unspecified atom stereocenters. The van der Waals surface area contributed by atoms with Crippen LogP contribution in [0.5, 0.6) is 0 Å². The lowest BCUT2D eigenvalue weighted by Crippen LogP contribution is -2.53. The van der Waals surface area contributed by atoms with E-state index in [1.807, 2.05) is 48.2 Å². The third-order valence-corrected chi connectivity index (χ3v) is 6.11. The molecule has 146 valence electrons. The molecule has 1 saturated heterocycles. The first kappa shape index (κ1) is 18.5. The number of carboxylic acid groups (broad SMARTS) is 1. The Bertz CT molecular complexity index is 880. The van der Waals surface area contributed by atoms with Crippen LogP contribution in [-0.4, -0.2) is 51.5 Å². The second kappa shape index (κ2) is 7.26. The van der Waals surface area contributed by atoms with Gasteiger partial charge in [-0.25, -0.2) is 4.79 Å². The van der Waals surface area contributed by atoms with Gasteiger partial charge in [-0.3, -0.25) is 14.7 Å². The fraction of sp³-hybridized carbons (Fsp3) is 0.409. The summed E-state index contributed by atoms with van der Waals surface area (Å²) in [4.78, 5) is 33.9. The molecular formula is C22H25N3O3. The third kappa shape index (κ3) is 2.93. The first-order chi connectivity index (χ1) is 13.5. The predicted molar refractivity (Wildman–Crippen MR) is 105 cm³/mol. The van der Waals surface area contributed by atoms with Crippen molar-refractivity contribution < 1.29 is 14.7 Å². The average molecular weight is 379 g/mol. The molecular weight excluding hydrogens is 354 g/mol. The molecule has 1 N–H and O–H groups in total. The van der Waals surface area contributed by atoms with Crippen LogP contribution in [0.4, 0.5) is 4.79 Å². The SMILES string of the molecule is CC1(C(=O)N2CCCC2)c2ccccc2CCN(C(=O)O)C1c1ccccn1. The van der Waals surface area contributed by atoms with Gasteiger partial charge in [0.2, 0.25) is 5.91 Å². The number of hydrogen-bond donors (Lipinski definition) is 1. The Morgan fingerprint density at radius 3 is 2.46 bits per heavy atom. The van der Waals surface area contributed by atoms with Gasteiger partial charge in [-0.2, -0.15) is 0 Å². The normalized spacial score (nSPS) is 24.5. The summed E-state index contributed by atoms with van der Waals surface area (Å²) in [5.74, 6) is -0.0127. The van der Waals surface area contributed by atoms with Crippen molar-refractivity contribution in [2.75, 3.05) is 19.6 Å². The van der Waals surface area contributed by atoms with Crippen LogP contribution in [0.15, 0.2) is 48.7 Å². The zero-order valence-electron chi connectivity index (χ0n) is 16.0. The molecule has 6 heteroatoms. The first-order valence-corrected chi connectivity index (χ1v) is 9.81. The molecule has 28 heavy (non-hydrogen) atoms. The molecule has 0 radical (unpaired) electrons. The lowest BCUT2D eigenvalue weighted by molar-refractivity contribution is -0.138. The van der Waals surface area contributed by atoms with Crippen molar-refractivity contribution in [3.8, 4) is 0 Å². The molecule has 2 aliphatic heterocycles. The van der Waals surface area contributed by atoms with Crippen LogP contribution in [0.3, 0.4) is 0 Å². The number of carbonyl (C=O) groups is 2. The third-order valence-electron chi connectivity index (χ3n) is 6.11. The number of fused-ring (bicyclic) bond motifs is 1. The molecule has 6 nitrogen and oxygen atoms in total. The highest BCUT2D eigenvalue weighted by Gasteiger charge is 2.52. The predicted octanol–water partition coefficient (Wildman–Crippen LogP) is 3.24. The van der Waals surface area contributed by atoms with Crippen LogP contribution < -0.4 is 0 Å². The maximum absolute atomic E-state index is 13.9. The van der Waals surface area contributed by atoms with Crippen LogP contribution in [-0.2, 0) is 16.6 Å². The van der Waals surface area contributed by atoms with Gasteiger partial charge >= 0.3 is 6.09 Å². The van der Waals surface area contributed by atoms with Crippen molar-refractivity contribution in [2.24, 2.45) is 0 Å². The molecule has 2 aliphatic rings. The molecule has 4 rings (SSSR count). The fourth-order valence-corrected chi connectivity index (χ4v) is 4.75. The van der Waals surface area contributed by atoms with Gasteiger partial charge in [0.1, 0.15) is 0 Å². The Kier molecular flexibility index (Phi) is 4.79. The quantitative estimate of drug-likeness (QED) is 0.869. The molecule has 1 aromatic carbocycles. The maximum Gasteiger partial charge on any atom is 0.407 e. The van der Waals surface area contributed by atoms with Crippen molar-refractivity contribution in [1.29, 1.82) is 0 Å². The van der Waals surface area contributed by atoms with E-state index in [4.69, 9.17) is 0 Å². The molecule has 2 aromatic rings. The van der Waals surface area contributed by atoms with Gasteiger partial charge in [0, 0.05) is 25.8 Å². The molecule has 3 heterocycles. The summed E-state index contributed by atoms with van der Waals surface area (Å²) in [6, 6.07) is 12.7. The number of rotatable bonds is 2. The Morgan fingerprint density at radius 1 is 1.07 bits per heavy atom. The fourth-order valence-electron chi connectivity index (χ4n) is 4.75. The van der Waals surface area contributed by atoms with E-state index in [-0.39, 0.29) is 5.91 Å². The Morgan fingerprint density at radius 2 is 1.79 bits per heavy atom. The van der Waals surface area contributed by atoms with Crippen molar-refractivity contribution in [3.05, 3.63) is 65.5 Å². The van der Waals surface area contributed by atoms with Crippen LogP contribution in [0.2, 0.25) is 0 Å². The number of amides is 2. The summed E-state index contributed by atoms with van der Waals surface area (Å²) in [6.07, 6.45) is 3.19. The van der Waals surface area contributed by atoms with Gasteiger partial charge in [0.15, 0.2) is 0 Å². The zero-order chi connectivity index (χ0) is 19.7. The monoisotopic (exact) mass is 379 g/mol. The Hall–Kier alpha value is -2.89. The number of nitrogens with zero attached hydrogens (tertiary/aromatic N) is 3. The summed E-state index contributed by atoms with van der Waals surface area (Å²) in [6.45, 7) is 3.67. The lowest BCUT2D eigenvalue weighted by Gasteiger charge is -2.42. The standard InChI is InChI=1S/C22H25N3O3/c1-22(20(26)24-13-6-7-14-24)17-9-3-2-8-16(17)11-15-25(21(27)28)19(22)18-10-4-5-12-23-18/h2-5,8-10,12,19H,6-7,11,13-15H2,1H3,(H,27,28). The average Bonchev–Trinajstić information content (AvgIpc) is 3.21. The minimum absolute atomic E-state index is 0.0127. The van der Waals surface area contributed by atoms with Crippen LogP contribution in [0, 0.1) is 0 Å². The lowest BCUT2D eigenvalue weighted by atomic mass is 9.71. The molecule has 1 aromatic heterocycles. The maximum atomic E-state index is 13.9. The van der Waals surface area contributed by atoms with E-state index in [0.29, 0.717) is 18.7 Å². The highest BCUT2D eigenvalue weighted by molar-refractivity contribution is 5.90. The van der Waals surface area contributed by atoms with Gasteiger partial charge in [-0.05, 0) is 49.4 Å². The smallest absolute Gasteiger partial charge is 0.407 e. The molecule has 1 fully saturated rings. The molecule has 0 bridgehead atoms. The highest BCUT2D eigenvalue weighted by atomic mass is 16.4. The van der Waals surface area contributed by atoms with Gasteiger partial charge in [-0.15, -0.1) is 0 Å². The van der Waals surface area contributed by atoms with E-state index in [9.17, 15) is 14.7 Å². The van der Waals surface area contributed by atoms with Crippen LogP contribution in [0.25, 0.3) is 0 Å². The summed E-state index contributed by atoms with van der Waals surface area (Å²) < 4.78 is 0. The van der Waals surface area contributed by atoms with Crippen LogP contribution >= 0.6 is 0 Å². The first-order valence-electron chi connectivity index (χ1n) is 9.81. The van der Waals surface area contributed by atoms with Crippen molar-refractivity contribution in [1.82, 2.24) is 14.8 Å². The van der Waals surface area contributed by atoms with E-state index >= 15 is 0 Å². The van der Waals surface area contributed by atoms with E-state index in [1.54, 1.807) is 12.3 Å². The Labute approximate surface area is 164 Å². The minimum atomic E-state index is -1.04. The van der Waals surface area contributed by atoms with Gasteiger partial charge < -0.3 is 10.0 Å². The summed E-state index contributed by atoms with van der Waals surface area (Å²) in [7, 11) is 0.